The number of esters is 1. The lowest BCUT2D eigenvalue weighted by Gasteiger charge is -2.17. The fourth-order valence-electron chi connectivity index (χ4n) is 2.93. The molecule has 0 saturated carbocycles. The maximum Gasteiger partial charge on any atom is 0.328 e. The van der Waals surface area contributed by atoms with Gasteiger partial charge < -0.3 is 19.9 Å². The van der Waals surface area contributed by atoms with Gasteiger partial charge in [-0.1, -0.05) is 42.5 Å². The van der Waals surface area contributed by atoms with E-state index in [-0.39, 0.29) is 12.2 Å². The summed E-state index contributed by atoms with van der Waals surface area (Å²) in [6, 6.07) is 22.1. The third-order valence-corrected chi connectivity index (χ3v) is 4.51. The van der Waals surface area contributed by atoms with Crippen molar-refractivity contribution in [2.24, 2.45) is 0 Å². The minimum Gasteiger partial charge on any atom is -0.508 e. The second-order valence-corrected chi connectivity index (χ2v) is 6.72. The van der Waals surface area contributed by atoms with Gasteiger partial charge in [-0.15, -0.1) is 0 Å². The predicted octanol–water partition coefficient (Wildman–Crippen LogP) is 3.49. The van der Waals surface area contributed by atoms with Crippen LogP contribution in [0, 0.1) is 0 Å². The molecule has 0 aliphatic heterocycles. The van der Waals surface area contributed by atoms with Crippen LogP contribution in [0.1, 0.15) is 21.5 Å². The molecule has 0 bridgehead atoms. The lowest BCUT2D eigenvalue weighted by atomic mass is 10.0. The Bertz CT molecular complexity index is 986. The Labute approximate surface area is 175 Å². The van der Waals surface area contributed by atoms with Crippen molar-refractivity contribution in [1.82, 2.24) is 5.32 Å². The monoisotopic (exact) mass is 405 g/mol. The number of rotatable bonds is 8. The number of hydrogen-bond donors (Lipinski definition) is 2. The molecule has 6 heteroatoms. The van der Waals surface area contributed by atoms with Gasteiger partial charge in [-0.05, 0) is 47.5 Å². The molecule has 3 aromatic rings. The molecular weight excluding hydrogens is 382 g/mol. The topological polar surface area (TPSA) is 84.9 Å². The zero-order valence-electron chi connectivity index (χ0n) is 16.6. The standard InChI is InChI=1S/C24H23NO5/c1-29-24(28)22(25-23(27)19-10-12-20(26)13-11-19)15-18-8-5-9-21(14-18)30-16-17-6-3-2-4-7-17/h2-14,22,26H,15-16H2,1H3,(H,25,27)/t22-/m1/s1. The average Bonchev–Trinajstić information content (AvgIpc) is 2.78. The van der Waals surface area contributed by atoms with Gasteiger partial charge in [-0.25, -0.2) is 4.79 Å². The fourth-order valence-corrected chi connectivity index (χ4v) is 2.93. The molecule has 0 heterocycles. The first kappa shape index (κ1) is 20.9. The van der Waals surface area contributed by atoms with E-state index in [1.165, 1.54) is 31.4 Å². The molecule has 0 fully saturated rings. The zero-order valence-corrected chi connectivity index (χ0v) is 16.6. The fraction of sp³-hybridized carbons (Fsp3) is 0.167. The van der Waals surface area contributed by atoms with E-state index in [0.717, 1.165) is 11.1 Å². The molecular formula is C24H23NO5. The highest BCUT2D eigenvalue weighted by molar-refractivity contribution is 5.96. The summed E-state index contributed by atoms with van der Waals surface area (Å²) in [4.78, 5) is 24.7. The lowest BCUT2D eigenvalue weighted by Crippen LogP contribution is -2.43. The van der Waals surface area contributed by atoms with E-state index in [2.05, 4.69) is 5.32 Å². The highest BCUT2D eigenvalue weighted by Gasteiger charge is 2.23. The van der Waals surface area contributed by atoms with E-state index in [0.29, 0.717) is 17.9 Å². The van der Waals surface area contributed by atoms with E-state index in [1.54, 1.807) is 0 Å². The van der Waals surface area contributed by atoms with Crippen LogP contribution in [-0.2, 0) is 22.6 Å². The van der Waals surface area contributed by atoms with Crippen LogP contribution in [0.25, 0.3) is 0 Å². The molecule has 0 aliphatic carbocycles. The Morgan fingerprint density at radius 3 is 2.33 bits per heavy atom. The van der Waals surface area contributed by atoms with Crippen LogP contribution in [0.2, 0.25) is 0 Å². The summed E-state index contributed by atoms with van der Waals surface area (Å²) < 4.78 is 10.7. The largest absolute Gasteiger partial charge is 0.508 e. The van der Waals surface area contributed by atoms with E-state index in [9.17, 15) is 14.7 Å². The first-order chi connectivity index (χ1) is 14.5. The number of carbonyl (C=O) groups excluding carboxylic acids is 2. The molecule has 0 unspecified atom stereocenters. The molecule has 1 atom stereocenters. The maximum atomic E-state index is 12.5. The number of phenols is 1. The summed E-state index contributed by atoms with van der Waals surface area (Å²) in [5.74, 6) is -0.243. The van der Waals surface area contributed by atoms with Crippen molar-refractivity contribution in [2.45, 2.75) is 19.1 Å². The smallest absolute Gasteiger partial charge is 0.328 e. The molecule has 30 heavy (non-hydrogen) atoms. The second-order valence-electron chi connectivity index (χ2n) is 6.72. The number of methoxy groups -OCH3 is 1. The summed E-state index contributed by atoms with van der Waals surface area (Å²) in [6.07, 6.45) is 0.249. The lowest BCUT2D eigenvalue weighted by molar-refractivity contribution is -0.142. The number of benzene rings is 3. The zero-order chi connectivity index (χ0) is 21.3. The number of phenolic OH excluding ortho intramolecular Hbond substituents is 1. The SMILES string of the molecule is COC(=O)[C@@H](Cc1cccc(OCc2ccccc2)c1)NC(=O)c1ccc(O)cc1. The quantitative estimate of drug-likeness (QED) is 0.561. The van der Waals surface area contributed by atoms with E-state index < -0.39 is 17.9 Å². The Balaban J connectivity index is 1.67. The Kier molecular flexibility index (Phi) is 7.05. The maximum absolute atomic E-state index is 12.5. The first-order valence-corrected chi connectivity index (χ1v) is 9.48. The number of aromatic hydroxyl groups is 1. The first-order valence-electron chi connectivity index (χ1n) is 9.48. The summed E-state index contributed by atoms with van der Waals surface area (Å²) >= 11 is 0. The van der Waals surface area contributed by atoms with Crippen LogP contribution in [-0.4, -0.2) is 30.1 Å². The number of nitrogens with one attached hydrogen (secondary N) is 1. The van der Waals surface area contributed by atoms with Gasteiger partial charge in [0.25, 0.3) is 5.91 Å². The third-order valence-electron chi connectivity index (χ3n) is 4.51. The van der Waals surface area contributed by atoms with Crippen molar-refractivity contribution in [3.63, 3.8) is 0 Å². The number of hydrogen-bond acceptors (Lipinski definition) is 5. The highest BCUT2D eigenvalue weighted by Crippen LogP contribution is 2.17. The van der Waals surface area contributed by atoms with Crippen LogP contribution in [0.5, 0.6) is 11.5 Å². The molecule has 2 N–H and O–H groups in total. The molecule has 0 aliphatic rings. The Morgan fingerprint density at radius 2 is 1.63 bits per heavy atom. The van der Waals surface area contributed by atoms with Crippen molar-refractivity contribution in [3.05, 3.63) is 95.6 Å². The van der Waals surface area contributed by atoms with Gasteiger partial charge in [0.05, 0.1) is 7.11 Å². The summed E-state index contributed by atoms with van der Waals surface area (Å²) in [5.41, 5.74) is 2.21. The van der Waals surface area contributed by atoms with Crippen LogP contribution in [0.3, 0.4) is 0 Å². The van der Waals surface area contributed by atoms with Crippen LogP contribution < -0.4 is 10.1 Å². The van der Waals surface area contributed by atoms with Gasteiger partial charge in [-0.2, -0.15) is 0 Å². The summed E-state index contributed by atoms with van der Waals surface area (Å²) in [6.45, 7) is 0.433. The molecule has 0 saturated heterocycles. The molecule has 0 radical (unpaired) electrons. The van der Waals surface area contributed by atoms with Gasteiger partial charge in [0.1, 0.15) is 24.1 Å². The molecule has 0 aromatic heterocycles. The number of carbonyl (C=O) groups is 2. The van der Waals surface area contributed by atoms with E-state index in [1.807, 2.05) is 54.6 Å². The predicted molar refractivity (Wildman–Crippen MR) is 112 cm³/mol. The second kappa shape index (κ2) is 10.1. The Morgan fingerprint density at radius 1 is 0.933 bits per heavy atom. The molecule has 0 spiro atoms. The minimum atomic E-state index is -0.860. The van der Waals surface area contributed by atoms with Gasteiger partial charge >= 0.3 is 5.97 Å². The van der Waals surface area contributed by atoms with Crippen LogP contribution >= 0.6 is 0 Å². The van der Waals surface area contributed by atoms with Crippen molar-refractivity contribution >= 4 is 11.9 Å². The summed E-state index contributed by atoms with van der Waals surface area (Å²) in [7, 11) is 1.28. The number of ether oxygens (including phenoxy) is 2. The highest BCUT2D eigenvalue weighted by atomic mass is 16.5. The molecule has 3 rings (SSSR count). The van der Waals surface area contributed by atoms with Gasteiger partial charge in [0.15, 0.2) is 0 Å². The average molecular weight is 405 g/mol. The van der Waals surface area contributed by atoms with E-state index in [4.69, 9.17) is 9.47 Å². The summed E-state index contributed by atoms with van der Waals surface area (Å²) in [5, 5.41) is 12.1. The van der Waals surface area contributed by atoms with Gasteiger partial charge in [0, 0.05) is 12.0 Å². The van der Waals surface area contributed by atoms with Crippen LogP contribution in [0.4, 0.5) is 0 Å². The molecule has 1 amide bonds. The van der Waals surface area contributed by atoms with Gasteiger partial charge in [0.2, 0.25) is 0 Å². The van der Waals surface area contributed by atoms with Crippen molar-refractivity contribution in [1.29, 1.82) is 0 Å². The molecule has 3 aromatic carbocycles. The Hall–Kier alpha value is -3.80. The van der Waals surface area contributed by atoms with Crippen molar-refractivity contribution in [2.75, 3.05) is 7.11 Å². The third kappa shape index (κ3) is 5.85. The number of amides is 1. The van der Waals surface area contributed by atoms with Crippen LogP contribution in [0.15, 0.2) is 78.9 Å². The van der Waals surface area contributed by atoms with E-state index >= 15 is 0 Å². The normalized spacial score (nSPS) is 11.4. The van der Waals surface area contributed by atoms with Crippen molar-refractivity contribution < 1.29 is 24.2 Å². The van der Waals surface area contributed by atoms with Crippen molar-refractivity contribution in [3.8, 4) is 11.5 Å². The molecule has 154 valence electrons. The molecule has 6 nitrogen and oxygen atoms in total. The van der Waals surface area contributed by atoms with Gasteiger partial charge in [-0.3, -0.25) is 4.79 Å². The minimum absolute atomic E-state index is 0.0587.